The lowest BCUT2D eigenvalue weighted by Gasteiger charge is -2.34. The largest absolute Gasteiger partial charge is 0.263 e. The van der Waals surface area contributed by atoms with E-state index in [-0.39, 0.29) is 27.1 Å². The number of benzene rings is 6. The van der Waals surface area contributed by atoms with Crippen LogP contribution in [0.5, 0.6) is 0 Å². The fraction of sp³-hybridized carbons (Fsp3) is 0.384. The Labute approximate surface area is 672 Å². The van der Waals surface area contributed by atoms with Crippen molar-refractivity contribution in [1.82, 2.24) is 22.8 Å². The molecule has 2 fully saturated rings. The third-order valence-electron chi connectivity index (χ3n) is 25.3. The molecule has 10 heterocycles. The van der Waals surface area contributed by atoms with Crippen molar-refractivity contribution in [3.8, 4) is 28.4 Å². The summed E-state index contributed by atoms with van der Waals surface area (Å²) in [7, 11) is 0. The van der Waals surface area contributed by atoms with Gasteiger partial charge >= 0.3 is 0 Å². The Morgan fingerprint density at radius 2 is 0.532 bits per heavy atom. The molecule has 6 aromatic carbocycles. The number of allylic oxidation sites excluding steroid dienone is 5. The molecule has 0 bridgehead atoms. The Kier molecular flexibility index (Phi) is 15.8. The first kappa shape index (κ1) is 59.0. The first-order valence-electron chi connectivity index (χ1n) is 46.7. The summed E-state index contributed by atoms with van der Waals surface area (Å²) in [6.07, 6.45) is 31.7. The highest BCUT2D eigenvalue weighted by atomic mass is 15.2. The Morgan fingerprint density at radius 1 is 0.284 bits per heavy atom. The third kappa shape index (κ3) is 12.8. The molecule has 5 aromatic heterocycles. The van der Waals surface area contributed by atoms with Crippen molar-refractivity contribution >= 4 is 31.0 Å². The van der Waals surface area contributed by atoms with Gasteiger partial charge in [0.25, 0.3) is 29.1 Å². The first-order valence-corrected chi connectivity index (χ1v) is 39.2. The molecule has 7 aliphatic rings. The SMILES string of the molecule is [2H]C([2H])([2H])c1n(-c2ccccc2C)c(C)c2[n+]1C=CC2(C)C.[2H]C([2H])([2H])c1n(-c2ccccc2C)c(C)c2[n+]1C=CC2(C)C.[2H]C([2H])([2H])c1n(-c2ccccc2C)c(C)c2[n+]1C=CC2(C)C1CCCC1.[2H]C([2H])([2H])c1n(-c2ccccc2C)c(C)c2[n+]1C=CC2(C)C1CCCCC1.[2H]C([2H])([2H])c1n(-c2ccccc2C)c(C)c2[n+]1C=CC2(C)c1ccccc1. The second-order valence-electron chi connectivity index (χ2n) is 33.2. The minimum Gasteiger partial charge on any atom is -0.203 e. The topological polar surface area (TPSA) is 44.0 Å². The summed E-state index contributed by atoms with van der Waals surface area (Å²) in [6, 6.07) is 50.0. The van der Waals surface area contributed by atoms with Gasteiger partial charge in [-0.1, -0.05) is 153 Å². The molecule has 0 radical (unpaired) electrons. The number of aromatic nitrogens is 10. The van der Waals surface area contributed by atoms with E-state index in [4.69, 9.17) is 20.6 Å². The molecule has 0 amide bonds. The van der Waals surface area contributed by atoms with Gasteiger partial charge in [0, 0.05) is 89.4 Å². The predicted octanol–water partition coefficient (Wildman–Crippen LogP) is 21.0. The van der Waals surface area contributed by atoms with Crippen LogP contribution in [0.4, 0.5) is 0 Å². The molecule has 0 spiro atoms. The van der Waals surface area contributed by atoms with Crippen molar-refractivity contribution < 1.29 is 43.4 Å². The molecule has 109 heavy (non-hydrogen) atoms. The Morgan fingerprint density at radius 3 is 0.844 bits per heavy atom. The number of hydrogen-bond donors (Lipinski definition) is 0. The molecule has 10 nitrogen and oxygen atoms in total. The number of rotatable bonds is 8. The lowest BCUT2D eigenvalue weighted by molar-refractivity contribution is -0.581. The predicted molar refractivity (Wildman–Crippen MR) is 450 cm³/mol. The van der Waals surface area contributed by atoms with Crippen LogP contribution in [0.1, 0.15) is 246 Å². The molecule has 2 aliphatic carbocycles. The van der Waals surface area contributed by atoms with Gasteiger partial charge in [0.1, 0.15) is 51.2 Å². The van der Waals surface area contributed by atoms with E-state index in [1.54, 1.807) is 0 Å². The van der Waals surface area contributed by atoms with E-state index in [1.807, 2.05) is 272 Å². The summed E-state index contributed by atoms with van der Waals surface area (Å²) in [5.41, 5.74) is 20.7. The van der Waals surface area contributed by atoms with Gasteiger partial charge in [-0.05, 0) is 215 Å². The van der Waals surface area contributed by atoms with E-state index in [0.717, 1.165) is 119 Å². The maximum absolute atomic E-state index is 8.25. The second kappa shape index (κ2) is 29.1. The average molecular weight is 1470 g/mol. The van der Waals surface area contributed by atoms with Crippen molar-refractivity contribution in [1.29, 1.82) is 0 Å². The molecule has 3 unspecified atom stereocenters. The van der Waals surface area contributed by atoms with E-state index in [0.29, 0.717) is 41.0 Å². The minimum atomic E-state index is -2.24. The lowest BCUT2D eigenvalue weighted by Crippen LogP contribution is -2.38. The summed E-state index contributed by atoms with van der Waals surface area (Å²) < 4.78 is 141. The van der Waals surface area contributed by atoms with Crippen LogP contribution in [0, 0.1) is 115 Å². The van der Waals surface area contributed by atoms with E-state index < -0.39 is 34.3 Å². The van der Waals surface area contributed by atoms with Crippen molar-refractivity contribution in [2.75, 3.05) is 0 Å². The van der Waals surface area contributed by atoms with Crippen LogP contribution in [0.3, 0.4) is 0 Å². The molecule has 18 rings (SSSR count). The molecule has 11 aromatic rings. The number of imidazole rings is 5. The zero-order valence-corrected chi connectivity index (χ0v) is 67.2. The summed E-state index contributed by atoms with van der Waals surface area (Å²) >= 11 is 0. The molecular formula is C99H121N10+5. The number of fused-ring (bicyclic) bond motifs is 5. The molecule has 3 atom stereocenters. The normalized spacial score (nSPS) is 22.5. The third-order valence-corrected chi connectivity index (χ3v) is 25.3. The van der Waals surface area contributed by atoms with Crippen LogP contribution in [-0.2, 0) is 27.1 Å². The van der Waals surface area contributed by atoms with Crippen molar-refractivity contribution in [2.24, 2.45) is 11.8 Å². The second-order valence-corrected chi connectivity index (χ2v) is 33.2. The standard InChI is InChI=1S/C22H29N2.C22H23N2.C21H27N2.2C17H21N2/c2*1-16-10-8-9-13-20(16)24-17(2)21-22(4,14-15-23(21)18(24)3)19-11-6-5-7-12-19;1-15-9-5-8-12-19(15)23-16(2)20-21(4,18-10-6-7-11-18)13-14-22(20)17(23)3;2*1-12-8-6-7-9-15(12)19-13(2)16-17(4,5)10-11-18(16)14(19)3/h8-10,13-15,19H,5-7,11-12H2,1-4H3;5-15H,1-4H3;5,8-9,12-14,18H,6-7,10-11H2,1-4H3;2*6-11H,1-5H3/q5*+1/i5*3D3. The van der Waals surface area contributed by atoms with Gasteiger partial charge in [-0.2, -0.15) is 22.8 Å². The summed E-state index contributed by atoms with van der Waals surface area (Å²) in [5.74, 6) is 2.94. The van der Waals surface area contributed by atoms with E-state index in [2.05, 4.69) is 105 Å². The van der Waals surface area contributed by atoms with Crippen molar-refractivity contribution in [3.05, 3.63) is 301 Å². The molecule has 0 N–H and O–H groups in total. The smallest absolute Gasteiger partial charge is 0.203 e. The molecule has 5 aliphatic heterocycles. The van der Waals surface area contributed by atoms with Gasteiger partial charge in [0.2, 0.25) is 0 Å². The number of hydrogen-bond acceptors (Lipinski definition) is 0. The fourth-order valence-corrected chi connectivity index (χ4v) is 19.5. The highest BCUT2D eigenvalue weighted by Crippen LogP contribution is 2.48. The van der Waals surface area contributed by atoms with Gasteiger partial charge in [0.05, 0.1) is 58.1 Å². The Balaban J connectivity index is 0.000000127. The maximum Gasteiger partial charge on any atom is 0.263 e. The highest BCUT2D eigenvalue weighted by molar-refractivity contribution is 5.54. The molecular weight excluding hydrogens is 1330 g/mol. The van der Waals surface area contributed by atoms with Crippen LogP contribution < -0.4 is 22.8 Å². The van der Waals surface area contributed by atoms with Crippen LogP contribution in [0.15, 0.2) is 182 Å². The lowest BCUT2D eigenvalue weighted by atomic mass is 9.68. The zero-order chi connectivity index (χ0) is 90.1. The maximum atomic E-state index is 8.25. The number of aryl methyl sites for hydroxylation is 5. The summed E-state index contributed by atoms with van der Waals surface area (Å²) in [5, 5.41) is 0. The zero-order valence-electron chi connectivity index (χ0n) is 82.2. The minimum absolute atomic E-state index is 0.0888. The van der Waals surface area contributed by atoms with E-state index in [9.17, 15) is 0 Å². The van der Waals surface area contributed by atoms with Crippen LogP contribution >= 0.6 is 0 Å². The van der Waals surface area contributed by atoms with Gasteiger partial charge in [-0.25, -0.2) is 22.8 Å². The number of para-hydroxylation sites is 5. The van der Waals surface area contributed by atoms with Crippen LogP contribution in [-0.4, -0.2) is 22.8 Å². The average Bonchev–Trinajstić information content (AvgIpc) is 1.55. The number of nitrogens with zero attached hydrogens (tertiary/aromatic N) is 10. The van der Waals surface area contributed by atoms with Gasteiger partial charge in [-0.15, -0.1) is 0 Å². The monoisotopic (exact) mass is 1470 g/mol. The Hall–Kier alpha value is -9.93. The Bertz CT molecular complexity index is 5960. The van der Waals surface area contributed by atoms with E-state index in [1.165, 1.54) is 57.8 Å². The molecule has 2 saturated carbocycles. The first-order chi connectivity index (χ1) is 58.0. The molecule has 0 saturated heterocycles. The van der Waals surface area contributed by atoms with Gasteiger partial charge < -0.3 is 0 Å². The fourth-order valence-electron chi connectivity index (χ4n) is 19.5. The van der Waals surface area contributed by atoms with Crippen LogP contribution in [0.2, 0.25) is 0 Å². The van der Waals surface area contributed by atoms with E-state index >= 15 is 0 Å². The molecule has 562 valence electrons. The highest BCUT2D eigenvalue weighted by Gasteiger charge is 2.50. The summed E-state index contributed by atoms with van der Waals surface area (Å²) in [6.45, 7) is 24.5. The van der Waals surface area contributed by atoms with Crippen LogP contribution in [0.25, 0.3) is 59.4 Å². The quantitative estimate of drug-likeness (QED) is 0.136. The summed E-state index contributed by atoms with van der Waals surface area (Å²) in [4.78, 5) is 0. The van der Waals surface area contributed by atoms with Crippen molar-refractivity contribution in [2.45, 2.75) is 237 Å². The van der Waals surface area contributed by atoms with Gasteiger partial charge in [-0.3, -0.25) is 0 Å². The molecule has 10 heteroatoms. The van der Waals surface area contributed by atoms with Gasteiger partial charge in [0.15, 0.2) is 34.2 Å². The van der Waals surface area contributed by atoms with Crippen molar-refractivity contribution in [3.63, 3.8) is 0 Å².